The van der Waals surface area contributed by atoms with E-state index in [-0.39, 0.29) is 11.0 Å². The number of sulfonamides is 1. The molecule has 2 heterocycles. The van der Waals surface area contributed by atoms with Crippen molar-refractivity contribution in [3.05, 3.63) is 18.3 Å². The van der Waals surface area contributed by atoms with Crippen molar-refractivity contribution in [3.8, 4) is 0 Å². The van der Waals surface area contributed by atoms with Gasteiger partial charge in [-0.2, -0.15) is 0 Å². The molecule has 6 nitrogen and oxygen atoms in total. The Bertz CT molecular complexity index is 525. The molecule has 2 N–H and O–H groups in total. The fourth-order valence-electron chi connectivity index (χ4n) is 2.15. The first-order valence-corrected chi connectivity index (χ1v) is 8.91. The van der Waals surface area contributed by atoms with Gasteiger partial charge < -0.3 is 10.1 Å². The topological polar surface area (TPSA) is 80.3 Å². The summed E-state index contributed by atoms with van der Waals surface area (Å²) in [5, 5.41) is 3.11. The second-order valence-electron chi connectivity index (χ2n) is 5.15. The molecule has 0 aromatic carbocycles. The van der Waals surface area contributed by atoms with Crippen LogP contribution in [0.1, 0.15) is 32.6 Å². The molecule has 0 saturated carbocycles. The third kappa shape index (κ3) is 4.94. The van der Waals surface area contributed by atoms with E-state index in [4.69, 9.17) is 4.74 Å². The summed E-state index contributed by atoms with van der Waals surface area (Å²) in [6, 6.07) is 3.25. The number of nitrogens with one attached hydrogen (secondary N) is 2. The third-order valence-corrected chi connectivity index (χ3v) is 4.79. The summed E-state index contributed by atoms with van der Waals surface area (Å²) in [4.78, 5) is 4.30. The van der Waals surface area contributed by atoms with E-state index in [1.807, 2.05) is 0 Å². The third-order valence-electron chi connectivity index (χ3n) is 3.38. The van der Waals surface area contributed by atoms with Gasteiger partial charge in [-0.15, -0.1) is 0 Å². The van der Waals surface area contributed by atoms with Crippen molar-refractivity contribution in [1.82, 2.24) is 9.71 Å². The Morgan fingerprint density at radius 1 is 1.38 bits per heavy atom. The molecule has 0 bridgehead atoms. The fourth-order valence-corrected chi connectivity index (χ4v) is 3.16. The van der Waals surface area contributed by atoms with E-state index in [0.29, 0.717) is 19.0 Å². The summed E-state index contributed by atoms with van der Waals surface area (Å²) in [7, 11) is -3.52. The van der Waals surface area contributed by atoms with Crippen molar-refractivity contribution < 1.29 is 13.2 Å². The maximum atomic E-state index is 12.2. The zero-order valence-electron chi connectivity index (χ0n) is 12.3. The predicted molar refractivity (Wildman–Crippen MR) is 81.8 cm³/mol. The number of ether oxygens (including phenoxy) is 1. The second kappa shape index (κ2) is 7.72. The van der Waals surface area contributed by atoms with Crippen LogP contribution in [-0.2, 0) is 14.8 Å². The van der Waals surface area contributed by atoms with Crippen molar-refractivity contribution in [2.24, 2.45) is 0 Å². The molecule has 1 saturated heterocycles. The lowest BCUT2D eigenvalue weighted by Crippen LogP contribution is -2.35. The zero-order chi connectivity index (χ0) is 15.1. The maximum absolute atomic E-state index is 12.2. The quantitative estimate of drug-likeness (QED) is 0.801. The minimum absolute atomic E-state index is 0.0213. The van der Waals surface area contributed by atoms with Gasteiger partial charge in [0.25, 0.3) is 0 Å². The van der Waals surface area contributed by atoms with E-state index < -0.39 is 10.0 Å². The molecular formula is C14H23N3O3S. The number of hydrogen-bond acceptors (Lipinski definition) is 5. The molecule has 1 aromatic rings. The molecule has 0 amide bonds. The molecule has 1 aliphatic heterocycles. The van der Waals surface area contributed by atoms with Gasteiger partial charge in [-0.25, -0.2) is 18.1 Å². The van der Waals surface area contributed by atoms with E-state index >= 15 is 0 Å². The van der Waals surface area contributed by atoms with E-state index in [9.17, 15) is 8.42 Å². The number of nitrogens with zero attached hydrogens (tertiary/aromatic N) is 1. The van der Waals surface area contributed by atoms with E-state index in [1.54, 1.807) is 12.1 Å². The van der Waals surface area contributed by atoms with E-state index in [1.165, 1.54) is 6.20 Å². The highest BCUT2D eigenvalue weighted by atomic mass is 32.2. The molecule has 1 atom stereocenters. The molecule has 1 aliphatic rings. The van der Waals surface area contributed by atoms with Gasteiger partial charge in [-0.3, -0.25) is 0 Å². The lowest BCUT2D eigenvalue weighted by Gasteiger charge is -2.22. The van der Waals surface area contributed by atoms with Crippen LogP contribution in [0.5, 0.6) is 0 Å². The molecule has 1 fully saturated rings. The number of hydrogen-bond donors (Lipinski definition) is 2. The zero-order valence-corrected chi connectivity index (χ0v) is 13.2. The molecule has 0 radical (unpaired) electrons. The van der Waals surface area contributed by atoms with Crippen molar-refractivity contribution in [2.45, 2.75) is 43.6 Å². The highest BCUT2D eigenvalue weighted by Crippen LogP contribution is 2.14. The van der Waals surface area contributed by atoms with E-state index in [0.717, 1.165) is 32.2 Å². The Balaban J connectivity index is 1.91. The van der Waals surface area contributed by atoms with Crippen LogP contribution >= 0.6 is 0 Å². The first-order chi connectivity index (χ1) is 10.1. The molecule has 0 aliphatic carbocycles. The summed E-state index contributed by atoms with van der Waals surface area (Å²) in [5.74, 6) is 0.686. The van der Waals surface area contributed by atoms with Gasteiger partial charge in [-0.1, -0.05) is 6.92 Å². The van der Waals surface area contributed by atoms with Crippen LogP contribution in [0.2, 0.25) is 0 Å². The van der Waals surface area contributed by atoms with Crippen LogP contribution in [0.4, 0.5) is 5.82 Å². The van der Waals surface area contributed by atoms with Gasteiger partial charge in [0.1, 0.15) is 10.7 Å². The second-order valence-corrected chi connectivity index (χ2v) is 6.91. The van der Waals surface area contributed by atoms with Gasteiger partial charge in [0.05, 0.1) is 6.10 Å². The van der Waals surface area contributed by atoms with Gasteiger partial charge in [0.2, 0.25) is 10.0 Å². The monoisotopic (exact) mass is 313 g/mol. The van der Waals surface area contributed by atoms with Crippen molar-refractivity contribution >= 4 is 15.8 Å². The summed E-state index contributed by atoms with van der Waals surface area (Å²) < 4.78 is 32.5. The van der Waals surface area contributed by atoms with Crippen molar-refractivity contribution in [2.75, 3.05) is 25.0 Å². The highest BCUT2D eigenvalue weighted by molar-refractivity contribution is 7.89. The molecule has 21 heavy (non-hydrogen) atoms. The smallest absolute Gasteiger partial charge is 0.242 e. The van der Waals surface area contributed by atoms with Crippen LogP contribution in [0.25, 0.3) is 0 Å². The number of pyridine rings is 1. The van der Waals surface area contributed by atoms with Gasteiger partial charge in [0, 0.05) is 25.9 Å². The Kier molecular flexibility index (Phi) is 5.96. The van der Waals surface area contributed by atoms with Crippen molar-refractivity contribution in [3.63, 3.8) is 0 Å². The molecule has 1 unspecified atom stereocenters. The Labute approximate surface area is 126 Å². The molecule has 118 valence electrons. The first kappa shape index (κ1) is 16.2. The van der Waals surface area contributed by atoms with Gasteiger partial charge in [0.15, 0.2) is 0 Å². The molecule has 1 aromatic heterocycles. The molecule has 7 heteroatoms. The minimum atomic E-state index is -3.52. The van der Waals surface area contributed by atoms with Crippen LogP contribution < -0.4 is 10.0 Å². The summed E-state index contributed by atoms with van der Waals surface area (Å²) >= 11 is 0. The Morgan fingerprint density at radius 2 is 2.24 bits per heavy atom. The SMILES string of the molecule is CCCNc1ccc(S(=O)(=O)NCC2CCCCO2)cn1. The average molecular weight is 313 g/mol. The van der Waals surface area contributed by atoms with Crippen LogP contribution in [0.3, 0.4) is 0 Å². The van der Waals surface area contributed by atoms with Crippen LogP contribution in [0, 0.1) is 0 Å². The standard InChI is InChI=1S/C14H23N3O3S/c1-2-8-15-14-7-6-13(11-16-14)21(18,19)17-10-12-5-3-4-9-20-12/h6-7,11-12,17H,2-5,8-10H2,1H3,(H,15,16). The molecule has 2 rings (SSSR count). The summed E-state index contributed by atoms with van der Waals surface area (Å²) in [6.07, 6.45) is 5.39. The normalized spacial score (nSPS) is 19.4. The molecule has 0 spiro atoms. The molecular weight excluding hydrogens is 290 g/mol. The largest absolute Gasteiger partial charge is 0.377 e. The predicted octanol–water partition coefficient (Wildman–Crippen LogP) is 1.75. The summed E-state index contributed by atoms with van der Waals surface area (Å²) in [6.45, 7) is 3.91. The lowest BCUT2D eigenvalue weighted by atomic mass is 10.1. The van der Waals surface area contributed by atoms with Crippen LogP contribution in [-0.4, -0.2) is 39.2 Å². The highest BCUT2D eigenvalue weighted by Gasteiger charge is 2.19. The number of anilines is 1. The summed E-state index contributed by atoms with van der Waals surface area (Å²) in [5.41, 5.74) is 0. The van der Waals surface area contributed by atoms with E-state index in [2.05, 4.69) is 21.9 Å². The Morgan fingerprint density at radius 3 is 2.86 bits per heavy atom. The fraction of sp³-hybridized carbons (Fsp3) is 0.643. The number of rotatable bonds is 7. The minimum Gasteiger partial charge on any atom is -0.377 e. The van der Waals surface area contributed by atoms with Gasteiger partial charge >= 0.3 is 0 Å². The Hall–Kier alpha value is -1.18. The lowest BCUT2D eigenvalue weighted by molar-refractivity contribution is 0.0200. The number of aromatic nitrogens is 1. The first-order valence-electron chi connectivity index (χ1n) is 7.43. The maximum Gasteiger partial charge on any atom is 0.242 e. The van der Waals surface area contributed by atoms with Crippen molar-refractivity contribution in [1.29, 1.82) is 0 Å². The van der Waals surface area contributed by atoms with Gasteiger partial charge in [-0.05, 0) is 37.8 Å². The van der Waals surface area contributed by atoms with Crippen LogP contribution in [0.15, 0.2) is 23.2 Å². The average Bonchev–Trinajstić information content (AvgIpc) is 2.52.